The highest BCUT2D eigenvalue weighted by Crippen LogP contribution is 2.11. The van der Waals surface area contributed by atoms with E-state index in [2.05, 4.69) is 15.6 Å². The molecule has 0 saturated carbocycles. The van der Waals surface area contributed by atoms with E-state index in [-0.39, 0.29) is 5.97 Å². The fourth-order valence-electron chi connectivity index (χ4n) is 2.13. The Kier molecular flexibility index (Phi) is 5.55. The molecule has 0 unspecified atom stereocenters. The fraction of sp³-hybridized carbons (Fsp3) is 0.467. The zero-order valence-electron chi connectivity index (χ0n) is 11.8. The number of carbonyl (C=O) groups is 1. The van der Waals surface area contributed by atoms with Crippen LogP contribution in [0.4, 0.5) is 5.82 Å². The molecule has 108 valence electrons. The molecule has 20 heavy (non-hydrogen) atoms. The third-order valence-corrected chi connectivity index (χ3v) is 3.13. The number of hydrogen-bond donors (Lipinski definition) is 2. The number of anilines is 1. The lowest BCUT2D eigenvalue weighted by molar-refractivity contribution is -0.137. The summed E-state index contributed by atoms with van der Waals surface area (Å²) in [5.74, 6) is 0.537. The summed E-state index contributed by atoms with van der Waals surface area (Å²) in [7, 11) is 0. The van der Waals surface area contributed by atoms with E-state index in [0.717, 1.165) is 24.5 Å². The molecule has 0 aliphatic carbocycles. The number of hydrogen-bond acceptors (Lipinski definition) is 5. The topological polar surface area (TPSA) is 63.2 Å². The molecule has 0 bridgehead atoms. The van der Waals surface area contributed by atoms with Crippen molar-refractivity contribution in [1.29, 1.82) is 0 Å². The van der Waals surface area contributed by atoms with E-state index in [1.54, 1.807) is 19.2 Å². The smallest absolute Gasteiger partial charge is 0.330 e. The Morgan fingerprint density at radius 1 is 1.60 bits per heavy atom. The third-order valence-electron chi connectivity index (χ3n) is 3.13. The first-order valence-electron chi connectivity index (χ1n) is 7.06. The molecule has 1 aromatic rings. The summed E-state index contributed by atoms with van der Waals surface area (Å²) in [6.45, 7) is 4.25. The molecule has 1 aromatic heterocycles. The van der Waals surface area contributed by atoms with Gasteiger partial charge in [0.25, 0.3) is 0 Å². The van der Waals surface area contributed by atoms with Crippen LogP contribution in [0.15, 0.2) is 24.4 Å². The Morgan fingerprint density at radius 2 is 2.50 bits per heavy atom. The SMILES string of the molecule is CCOC(=O)C=Cc1ccc(N[C@@H]2CCCNC2)nc1. The summed E-state index contributed by atoms with van der Waals surface area (Å²) in [6.07, 6.45) is 7.22. The lowest BCUT2D eigenvalue weighted by atomic mass is 10.1. The number of ether oxygens (including phenoxy) is 1. The first-order chi connectivity index (χ1) is 9.78. The van der Waals surface area contributed by atoms with Crippen molar-refractivity contribution < 1.29 is 9.53 Å². The zero-order chi connectivity index (χ0) is 14.2. The fourth-order valence-corrected chi connectivity index (χ4v) is 2.13. The Labute approximate surface area is 119 Å². The van der Waals surface area contributed by atoms with Crippen LogP contribution in [0.3, 0.4) is 0 Å². The maximum Gasteiger partial charge on any atom is 0.330 e. The van der Waals surface area contributed by atoms with E-state index in [1.807, 2.05) is 12.1 Å². The first kappa shape index (κ1) is 14.5. The molecule has 2 rings (SSSR count). The van der Waals surface area contributed by atoms with Crippen LogP contribution in [0.1, 0.15) is 25.3 Å². The predicted octanol–water partition coefficient (Wildman–Crippen LogP) is 1.82. The number of pyridine rings is 1. The average molecular weight is 275 g/mol. The van der Waals surface area contributed by atoms with Gasteiger partial charge in [0.15, 0.2) is 0 Å². The molecule has 0 radical (unpaired) electrons. The van der Waals surface area contributed by atoms with Crippen LogP contribution in [-0.2, 0) is 9.53 Å². The molecule has 2 N–H and O–H groups in total. The minimum atomic E-state index is -0.331. The Bertz CT molecular complexity index is 451. The Hall–Kier alpha value is -1.88. The van der Waals surface area contributed by atoms with E-state index in [0.29, 0.717) is 12.6 Å². The lowest BCUT2D eigenvalue weighted by Crippen LogP contribution is -2.38. The minimum absolute atomic E-state index is 0.331. The highest BCUT2D eigenvalue weighted by Gasteiger charge is 2.12. The number of carbonyl (C=O) groups excluding carboxylic acids is 1. The lowest BCUT2D eigenvalue weighted by Gasteiger charge is -2.24. The molecule has 1 aliphatic rings. The summed E-state index contributed by atoms with van der Waals surface area (Å²) in [5.41, 5.74) is 0.880. The van der Waals surface area contributed by atoms with Crippen molar-refractivity contribution in [3.05, 3.63) is 30.0 Å². The van der Waals surface area contributed by atoms with Crippen LogP contribution in [0.25, 0.3) is 6.08 Å². The quantitative estimate of drug-likeness (QED) is 0.634. The van der Waals surface area contributed by atoms with Gasteiger partial charge in [-0.15, -0.1) is 0 Å². The Morgan fingerprint density at radius 3 is 3.15 bits per heavy atom. The highest BCUT2D eigenvalue weighted by molar-refractivity contribution is 5.86. The maximum absolute atomic E-state index is 11.2. The van der Waals surface area contributed by atoms with E-state index < -0.39 is 0 Å². The molecule has 0 amide bonds. The molecule has 5 heteroatoms. The number of aromatic nitrogens is 1. The number of nitrogens with one attached hydrogen (secondary N) is 2. The van der Waals surface area contributed by atoms with Gasteiger partial charge in [0.2, 0.25) is 0 Å². The number of piperidine rings is 1. The standard InChI is InChI=1S/C15H21N3O2/c1-2-20-15(19)8-6-12-5-7-14(17-10-12)18-13-4-3-9-16-11-13/h5-8,10,13,16H,2-4,9,11H2,1H3,(H,17,18)/t13-/m1/s1. The predicted molar refractivity (Wildman–Crippen MR) is 79.4 cm³/mol. The second-order valence-corrected chi connectivity index (χ2v) is 4.75. The Balaban J connectivity index is 1.87. The second-order valence-electron chi connectivity index (χ2n) is 4.75. The third kappa shape index (κ3) is 4.66. The van der Waals surface area contributed by atoms with E-state index in [4.69, 9.17) is 4.74 Å². The van der Waals surface area contributed by atoms with Crippen LogP contribution in [-0.4, -0.2) is 36.7 Å². The van der Waals surface area contributed by atoms with Gasteiger partial charge in [-0.25, -0.2) is 9.78 Å². The summed E-state index contributed by atoms with van der Waals surface area (Å²) in [4.78, 5) is 15.6. The zero-order valence-corrected chi connectivity index (χ0v) is 11.8. The van der Waals surface area contributed by atoms with Crippen LogP contribution < -0.4 is 10.6 Å². The van der Waals surface area contributed by atoms with Crippen molar-refractivity contribution in [1.82, 2.24) is 10.3 Å². The van der Waals surface area contributed by atoms with Crippen molar-refractivity contribution in [3.63, 3.8) is 0 Å². The molecule has 1 atom stereocenters. The van der Waals surface area contributed by atoms with E-state index in [1.165, 1.54) is 18.9 Å². The monoisotopic (exact) mass is 275 g/mol. The van der Waals surface area contributed by atoms with Gasteiger partial charge >= 0.3 is 5.97 Å². The van der Waals surface area contributed by atoms with Crippen molar-refractivity contribution in [2.75, 3.05) is 25.0 Å². The van der Waals surface area contributed by atoms with Gasteiger partial charge in [-0.05, 0) is 50.1 Å². The van der Waals surface area contributed by atoms with Crippen molar-refractivity contribution in [2.45, 2.75) is 25.8 Å². The molecule has 1 aliphatic heterocycles. The number of esters is 1. The molecule has 0 aromatic carbocycles. The van der Waals surface area contributed by atoms with Gasteiger partial charge in [0, 0.05) is 24.9 Å². The van der Waals surface area contributed by atoms with Crippen LogP contribution in [0.5, 0.6) is 0 Å². The van der Waals surface area contributed by atoms with Gasteiger partial charge in [-0.3, -0.25) is 0 Å². The normalized spacial score (nSPS) is 18.9. The molecule has 1 fully saturated rings. The molecule has 1 saturated heterocycles. The highest BCUT2D eigenvalue weighted by atomic mass is 16.5. The molecule has 2 heterocycles. The second kappa shape index (κ2) is 7.65. The van der Waals surface area contributed by atoms with Crippen LogP contribution >= 0.6 is 0 Å². The maximum atomic E-state index is 11.2. The van der Waals surface area contributed by atoms with Crippen molar-refractivity contribution in [3.8, 4) is 0 Å². The number of rotatable bonds is 5. The largest absolute Gasteiger partial charge is 0.463 e. The van der Waals surface area contributed by atoms with Crippen LogP contribution in [0, 0.1) is 0 Å². The summed E-state index contributed by atoms with van der Waals surface area (Å²) in [5, 5.41) is 6.76. The van der Waals surface area contributed by atoms with E-state index in [9.17, 15) is 4.79 Å². The molecular weight excluding hydrogens is 254 g/mol. The van der Waals surface area contributed by atoms with Crippen molar-refractivity contribution in [2.24, 2.45) is 0 Å². The van der Waals surface area contributed by atoms with Crippen LogP contribution in [0.2, 0.25) is 0 Å². The number of nitrogens with zero attached hydrogens (tertiary/aromatic N) is 1. The summed E-state index contributed by atoms with van der Waals surface area (Å²) >= 11 is 0. The first-order valence-corrected chi connectivity index (χ1v) is 7.06. The minimum Gasteiger partial charge on any atom is -0.463 e. The average Bonchev–Trinajstić information content (AvgIpc) is 2.48. The summed E-state index contributed by atoms with van der Waals surface area (Å²) in [6, 6.07) is 4.30. The molecule has 0 spiro atoms. The summed E-state index contributed by atoms with van der Waals surface area (Å²) < 4.78 is 4.82. The van der Waals surface area contributed by atoms with Crippen molar-refractivity contribution >= 4 is 17.9 Å². The van der Waals surface area contributed by atoms with Gasteiger partial charge in [-0.2, -0.15) is 0 Å². The van der Waals surface area contributed by atoms with Gasteiger partial charge in [-0.1, -0.05) is 0 Å². The van der Waals surface area contributed by atoms with Gasteiger partial charge in [0.05, 0.1) is 6.61 Å². The molecule has 5 nitrogen and oxygen atoms in total. The van der Waals surface area contributed by atoms with Gasteiger partial charge in [0.1, 0.15) is 5.82 Å². The molecular formula is C15H21N3O2. The van der Waals surface area contributed by atoms with E-state index >= 15 is 0 Å². The van der Waals surface area contributed by atoms with Gasteiger partial charge < -0.3 is 15.4 Å².